The number of benzene rings is 1. The summed E-state index contributed by atoms with van der Waals surface area (Å²) >= 11 is 0. The van der Waals surface area contributed by atoms with Crippen molar-refractivity contribution in [3.8, 4) is 0 Å². The van der Waals surface area contributed by atoms with Crippen LogP contribution >= 0.6 is 0 Å². The molecule has 3 rings (SSSR count). The van der Waals surface area contributed by atoms with Crippen LogP contribution in [0.25, 0.3) is 0 Å². The monoisotopic (exact) mass is 307 g/mol. The summed E-state index contributed by atoms with van der Waals surface area (Å²) in [5.74, 6) is 0. The Balaban J connectivity index is 1.65. The quantitative estimate of drug-likeness (QED) is 0.610. The number of nitrogens with zero attached hydrogens (tertiary/aromatic N) is 3. The Morgan fingerprint density at radius 2 is 1.83 bits per heavy atom. The van der Waals surface area contributed by atoms with Gasteiger partial charge >= 0.3 is 0 Å². The summed E-state index contributed by atoms with van der Waals surface area (Å²) in [5.41, 5.74) is 2.74. The lowest BCUT2D eigenvalue weighted by Gasteiger charge is -2.22. The van der Waals surface area contributed by atoms with Gasteiger partial charge in [0.15, 0.2) is 0 Å². The van der Waals surface area contributed by atoms with Crippen molar-refractivity contribution in [1.82, 2.24) is 14.1 Å². The standard InChI is InChI=1S/C20H25N3/c1-3-20(23-12-10-21-16-23)13-17(2)22-11-9-19(15-22)14-18-7-5-4-6-8-18/h4-12,15-17,20H,3,13-14H2,1-2H3. The average Bonchev–Trinajstić information content (AvgIpc) is 3.25. The first kappa shape index (κ1) is 15.6. The van der Waals surface area contributed by atoms with Crippen LogP contribution in [0.2, 0.25) is 0 Å². The maximum Gasteiger partial charge on any atom is 0.0948 e. The van der Waals surface area contributed by atoms with Gasteiger partial charge in [0.25, 0.3) is 0 Å². The summed E-state index contributed by atoms with van der Waals surface area (Å²) in [5, 5.41) is 0. The van der Waals surface area contributed by atoms with Crippen molar-refractivity contribution in [2.45, 2.75) is 45.2 Å². The fourth-order valence-corrected chi connectivity index (χ4v) is 3.17. The van der Waals surface area contributed by atoms with E-state index in [1.54, 1.807) is 0 Å². The van der Waals surface area contributed by atoms with Crippen LogP contribution in [0.5, 0.6) is 0 Å². The predicted molar refractivity (Wildman–Crippen MR) is 94.6 cm³/mol. The van der Waals surface area contributed by atoms with E-state index in [0.29, 0.717) is 12.1 Å². The number of rotatable bonds is 7. The SMILES string of the molecule is CCC(CC(C)n1ccc(Cc2ccccc2)c1)n1ccnc1. The van der Waals surface area contributed by atoms with E-state index in [4.69, 9.17) is 0 Å². The van der Waals surface area contributed by atoms with Crippen LogP contribution in [0, 0.1) is 0 Å². The van der Waals surface area contributed by atoms with Gasteiger partial charge in [0.05, 0.1) is 6.33 Å². The zero-order valence-electron chi connectivity index (χ0n) is 14.0. The van der Waals surface area contributed by atoms with E-state index >= 15 is 0 Å². The molecule has 0 saturated heterocycles. The molecule has 0 radical (unpaired) electrons. The molecule has 0 N–H and O–H groups in total. The molecule has 0 amide bonds. The Labute approximate surface area is 138 Å². The highest BCUT2D eigenvalue weighted by atomic mass is 15.1. The van der Waals surface area contributed by atoms with Gasteiger partial charge in [-0.1, -0.05) is 37.3 Å². The lowest BCUT2D eigenvalue weighted by molar-refractivity contribution is 0.369. The van der Waals surface area contributed by atoms with Crippen LogP contribution in [-0.4, -0.2) is 14.1 Å². The van der Waals surface area contributed by atoms with E-state index in [1.165, 1.54) is 11.1 Å². The van der Waals surface area contributed by atoms with E-state index in [2.05, 4.69) is 83.0 Å². The van der Waals surface area contributed by atoms with Gasteiger partial charge in [-0.05, 0) is 43.4 Å². The van der Waals surface area contributed by atoms with Gasteiger partial charge in [-0.2, -0.15) is 0 Å². The van der Waals surface area contributed by atoms with Crippen molar-refractivity contribution in [3.63, 3.8) is 0 Å². The van der Waals surface area contributed by atoms with E-state index in [0.717, 1.165) is 19.3 Å². The first-order chi connectivity index (χ1) is 11.3. The minimum atomic E-state index is 0.479. The van der Waals surface area contributed by atoms with Crippen molar-refractivity contribution in [2.24, 2.45) is 0 Å². The molecule has 0 saturated carbocycles. The lowest BCUT2D eigenvalue weighted by atomic mass is 10.1. The van der Waals surface area contributed by atoms with Gasteiger partial charge in [0, 0.05) is 36.9 Å². The molecule has 0 aliphatic heterocycles. The van der Waals surface area contributed by atoms with Gasteiger partial charge in [-0.25, -0.2) is 4.98 Å². The third kappa shape index (κ3) is 3.92. The molecular weight excluding hydrogens is 282 g/mol. The van der Waals surface area contributed by atoms with Crippen LogP contribution in [0.4, 0.5) is 0 Å². The third-order valence-electron chi connectivity index (χ3n) is 4.57. The number of hydrogen-bond acceptors (Lipinski definition) is 1. The normalized spacial score (nSPS) is 13.8. The Morgan fingerprint density at radius 3 is 2.52 bits per heavy atom. The number of imidazole rings is 1. The molecule has 23 heavy (non-hydrogen) atoms. The van der Waals surface area contributed by atoms with Crippen LogP contribution in [0.15, 0.2) is 67.5 Å². The fraction of sp³-hybridized carbons (Fsp3) is 0.350. The Bertz CT molecular complexity index is 698. The van der Waals surface area contributed by atoms with Crippen molar-refractivity contribution < 1.29 is 0 Å². The Kier molecular flexibility index (Phi) is 4.96. The van der Waals surface area contributed by atoms with Gasteiger partial charge in [0.1, 0.15) is 0 Å². The molecule has 0 spiro atoms. The predicted octanol–water partition coefficient (Wildman–Crippen LogP) is 4.88. The fourth-order valence-electron chi connectivity index (χ4n) is 3.17. The maximum absolute atomic E-state index is 4.18. The molecule has 2 aromatic heterocycles. The van der Waals surface area contributed by atoms with E-state index in [-0.39, 0.29) is 0 Å². The topological polar surface area (TPSA) is 22.8 Å². The summed E-state index contributed by atoms with van der Waals surface area (Å²) in [6, 6.07) is 13.9. The second kappa shape index (κ2) is 7.32. The summed E-state index contributed by atoms with van der Waals surface area (Å²) in [6.45, 7) is 4.54. The van der Waals surface area contributed by atoms with Crippen molar-refractivity contribution >= 4 is 0 Å². The molecule has 1 aromatic carbocycles. The third-order valence-corrected chi connectivity index (χ3v) is 4.57. The van der Waals surface area contributed by atoms with Gasteiger partial charge in [-0.3, -0.25) is 0 Å². The lowest BCUT2D eigenvalue weighted by Crippen LogP contribution is -2.13. The Hall–Kier alpha value is -2.29. The van der Waals surface area contributed by atoms with E-state index in [9.17, 15) is 0 Å². The summed E-state index contributed by atoms with van der Waals surface area (Å²) in [7, 11) is 0. The molecule has 0 bridgehead atoms. The van der Waals surface area contributed by atoms with Crippen molar-refractivity contribution in [3.05, 3.63) is 78.6 Å². The van der Waals surface area contributed by atoms with Crippen LogP contribution in [-0.2, 0) is 6.42 Å². The summed E-state index contributed by atoms with van der Waals surface area (Å²) < 4.78 is 4.57. The minimum absolute atomic E-state index is 0.479. The molecule has 0 aliphatic carbocycles. The molecule has 3 aromatic rings. The molecule has 2 atom stereocenters. The molecule has 3 heteroatoms. The zero-order valence-corrected chi connectivity index (χ0v) is 14.0. The molecule has 0 fully saturated rings. The van der Waals surface area contributed by atoms with Gasteiger partial charge in [-0.15, -0.1) is 0 Å². The molecule has 120 valence electrons. The summed E-state index contributed by atoms with van der Waals surface area (Å²) in [6.07, 6.45) is 13.6. The largest absolute Gasteiger partial charge is 0.351 e. The highest BCUT2D eigenvalue weighted by Crippen LogP contribution is 2.25. The smallest absolute Gasteiger partial charge is 0.0948 e. The second-order valence-corrected chi connectivity index (χ2v) is 6.29. The number of aromatic nitrogens is 3. The van der Waals surface area contributed by atoms with E-state index < -0.39 is 0 Å². The summed E-state index contributed by atoms with van der Waals surface area (Å²) in [4.78, 5) is 4.18. The molecule has 0 aliphatic rings. The van der Waals surface area contributed by atoms with E-state index in [1.807, 2.05) is 12.5 Å². The second-order valence-electron chi connectivity index (χ2n) is 6.29. The molecule has 2 unspecified atom stereocenters. The average molecular weight is 307 g/mol. The highest BCUT2D eigenvalue weighted by molar-refractivity contribution is 5.24. The number of hydrogen-bond donors (Lipinski definition) is 0. The first-order valence-electron chi connectivity index (χ1n) is 8.44. The highest BCUT2D eigenvalue weighted by Gasteiger charge is 2.14. The van der Waals surface area contributed by atoms with Gasteiger partial charge < -0.3 is 9.13 Å². The van der Waals surface area contributed by atoms with Crippen molar-refractivity contribution in [2.75, 3.05) is 0 Å². The van der Waals surface area contributed by atoms with Crippen LogP contribution in [0.3, 0.4) is 0 Å². The van der Waals surface area contributed by atoms with Gasteiger partial charge in [0.2, 0.25) is 0 Å². The molecular formula is C20H25N3. The maximum atomic E-state index is 4.18. The minimum Gasteiger partial charge on any atom is -0.351 e. The molecule has 2 heterocycles. The molecule has 3 nitrogen and oxygen atoms in total. The van der Waals surface area contributed by atoms with Crippen LogP contribution < -0.4 is 0 Å². The zero-order chi connectivity index (χ0) is 16.1. The van der Waals surface area contributed by atoms with Crippen molar-refractivity contribution in [1.29, 1.82) is 0 Å². The first-order valence-corrected chi connectivity index (χ1v) is 8.44. The van der Waals surface area contributed by atoms with Crippen LogP contribution in [0.1, 0.15) is 49.9 Å². The Morgan fingerprint density at radius 1 is 1.00 bits per heavy atom.